The Labute approximate surface area is 108 Å². The lowest BCUT2D eigenvalue weighted by molar-refractivity contribution is 0.151. The Kier molecular flexibility index (Phi) is 6.22. The van der Waals surface area contributed by atoms with Gasteiger partial charge in [-0.05, 0) is 49.9 Å². The molecular formula is C14H21NO3. The Bertz CT molecular complexity index is 402. The predicted octanol–water partition coefficient (Wildman–Crippen LogP) is 2.72. The van der Waals surface area contributed by atoms with Crippen molar-refractivity contribution in [3.8, 4) is 5.75 Å². The summed E-state index contributed by atoms with van der Waals surface area (Å²) in [5.74, 6) is 0.826. The molecule has 0 bridgehead atoms. The van der Waals surface area contributed by atoms with Crippen molar-refractivity contribution in [1.29, 1.82) is 0 Å². The van der Waals surface area contributed by atoms with Gasteiger partial charge in [0.2, 0.25) is 0 Å². The summed E-state index contributed by atoms with van der Waals surface area (Å²) in [4.78, 5) is 0. The summed E-state index contributed by atoms with van der Waals surface area (Å²) in [6.45, 7) is 7.88. The van der Waals surface area contributed by atoms with Crippen molar-refractivity contribution in [3.63, 3.8) is 0 Å². The minimum atomic E-state index is 0.273. The Morgan fingerprint density at radius 1 is 1.28 bits per heavy atom. The molecule has 4 heteroatoms. The number of nitrogens with zero attached hydrogens (tertiary/aromatic N) is 1. The highest BCUT2D eigenvalue weighted by molar-refractivity contribution is 5.58. The highest BCUT2D eigenvalue weighted by Crippen LogP contribution is 2.24. The van der Waals surface area contributed by atoms with E-state index in [2.05, 4.69) is 18.1 Å². The molecule has 4 nitrogen and oxygen atoms in total. The summed E-state index contributed by atoms with van der Waals surface area (Å²) >= 11 is 0. The van der Waals surface area contributed by atoms with E-state index in [9.17, 15) is 0 Å². The summed E-state index contributed by atoms with van der Waals surface area (Å²) in [6, 6.07) is 4.02. The Morgan fingerprint density at radius 3 is 2.72 bits per heavy atom. The van der Waals surface area contributed by atoms with Crippen LogP contribution >= 0.6 is 0 Å². The molecule has 0 fully saturated rings. The summed E-state index contributed by atoms with van der Waals surface area (Å²) < 4.78 is 10.9. The highest BCUT2D eigenvalue weighted by atomic mass is 16.5. The smallest absolute Gasteiger partial charge is 0.127 e. The van der Waals surface area contributed by atoms with E-state index in [1.54, 1.807) is 0 Å². The summed E-state index contributed by atoms with van der Waals surface area (Å²) in [5.41, 5.74) is 3.63. The Balaban J connectivity index is 2.71. The van der Waals surface area contributed by atoms with Crippen LogP contribution in [0.1, 0.15) is 23.6 Å². The number of oxime groups is 1. The molecule has 1 rings (SSSR count). The molecule has 0 aliphatic carbocycles. The molecule has 0 saturated carbocycles. The van der Waals surface area contributed by atoms with E-state index in [1.807, 2.05) is 19.9 Å². The third kappa shape index (κ3) is 4.04. The molecule has 1 aromatic rings. The molecule has 100 valence electrons. The van der Waals surface area contributed by atoms with Crippen molar-refractivity contribution < 1.29 is 14.7 Å². The molecule has 0 aliphatic heterocycles. The van der Waals surface area contributed by atoms with Crippen LogP contribution in [0.3, 0.4) is 0 Å². The number of ether oxygens (including phenoxy) is 2. The minimum Gasteiger partial charge on any atom is -0.488 e. The van der Waals surface area contributed by atoms with Gasteiger partial charge in [0.25, 0.3) is 0 Å². The minimum absolute atomic E-state index is 0.273. The van der Waals surface area contributed by atoms with Gasteiger partial charge >= 0.3 is 0 Å². The largest absolute Gasteiger partial charge is 0.488 e. The van der Waals surface area contributed by atoms with Crippen molar-refractivity contribution in [1.82, 2.24) is 0 Å². The van der Waals surface area contributed by atoms with Gasteiger partial charge in [-0.3, -0.25) is 0 Å². The number of hydrogen-bond acceptors (Lipinski definition) is 4. The zero-order valence-corrected chi connectivity index (χ0v) is 11.3. The fourth-order valence-corrected chi connectivity index (χ4v) is 1.77. The normalized spacial score (nSPS) is 11.1. The molecule has 0 radical (unpaired) electrons. The average molecular weight is 251 g/mol. The topological polar surface area (TPSA) is 51.0 Å². The predicted molar refractivity (Wildman–Crippen MR) is 71.9 cm³/mol. The van der Waals surface area contributed by atoms with Gasteiger partial charge in [0.05, 0.1) is 12.8 Å². The van der Waals surface area contributed by atoms with E-state index < -0.39 is 0 Å². The monoisotopic (exact) mass is 251 g/mol. The van der Waals surface area contributed by atoms with Crippen LogP contribution in [0.5, 0.6) is 5.75 Å². The Morgan fingerprint density at radius 2 is 2.06 bits per heavy atom. The van der Waals surface area contributed by atoms with Crippen molar-refractivity contribution in [2.45, 2.75) is 27.2 Å². The SMILES string of the molecule is CCOCCc1ccc(OC/C=N/O)c(C)c1C. The van der Waals surface area contributed by atoms with Crippen LogP contribution in [-0.4, -0.2) is 31.2 Å². The van der Waals surface area contributed by atoms with Crippen LogP contribution in [0.25, 0.3) is 0 Å². The third-order valence-electron chi connectivity index (χ3n) is 2.96. The van der Waals surface area contributed by atoms with E-state index in [4.69, 9.17) is 14.7 Å². The third-order valence-corrected chi connectivity index (χ3v) is 2.96. The first-order valence-electron chi connectivity index (χ1n) is 6.16. The quantitative estimate of drug-likeness (QED) is 0.351. The summed E-state index contributed by atoms with van der Waals surface area (Å²) in [5, 5.41) is 11.2. The van der Waals surface area contributed by atoms with Crippen molar-refractivity contribution in [3.05, 3.63) is 28.8 Å². The fourth-order valence-electron chi connectivity index (χ4n) is 1.77. The molecule has 0 saturated heterocycles. The molecule has 1 aromatic carbocycles. The molecule has 0 heterocycles. The van der Waals surface area contributed by atoms with Gasteiger partial charge < -0.3 is 14.7 Å². The molecule has 0 aromatic heterocycles. The Hall–Kier alpha value is -1.55. The second kappa shape index (κ2) is 7.71. The number of hydrogen-bond donors (Lipinski definition) is 1. The van der Waals surface area contributed by atoms with Crippen molar-refractivity contribution >= 4 is 6.21 Å². The van der Waals surface area contributed by atoms with Crippen molar-refractivity contribution in [2.75, 3.05) is 19.8 Å². The fraction of sp³-hybridized carbons (Fsp3) is 0.500. The summed E-state index contributed by atoms with van der Waals surface area (Å²) in [7, 11) is 0. The maximum Gasteiger partial charge on any atom is 0.127 e. The second-order valence-electron chi connectivity index (χ2n) is 4.03. The standard InChI is InChI=1S/C14H21NO3/c1-4-17-9-7-13-5-6-14(12(3)11(13)2)18-10-8-15-16/h5-6,8,16H,4,7,9-10H2,1-3H3/b15-8+. The maximum absolute atomic E-state index is 8.31. The molecule has 0 amide bonds. The van der Waals surface area contributed by atoms with Gasteiger partial charge in [-0.2, -0.15) is 0 Å². The molecular weight excluding hydrogens is 230 g/mol. The van der Waals surface area contributed by atoms with E-state index >= 15 is 0 Å². The molecule has 0 unspecified atom stereocenters. The van der Waals surface area contributed by atoms with Gasteiger partial charge in [0.1, 0.15) is 12.4 Å². The van der Waals surface area contributed by atoms with Gasteiger partial charge in [-0.15, -0.1) is 0 Å². The lowest BCUT2D eigenvalue weighted by atomic mass is 10.0. The van der Waals surface area contributed by atoms with Crippen LogP contribution in [0.15, 0.2) is 17.3 Å². The van der Waals surface area contributed by atoms with Gasteiger partial charge in [0.15, 0.2) is 0 Å². The van der Waals surface area contributed by atoms with Crippen LogP contribution in [0.4, 0.5) is 0 Å². The average Bonchev–Trinajstić information content (AvgIpc) is 2.37. The van der Waals surface area contributed by atoms with Crippen LogP contribution < -0.4 is 4.74 Å². The first-order chi connectivity index (χ1) is 8.70. The van der Waals surface area contributed by atoms with Crippen molar-refractivity contribution in [2.24, 2.45) is 5.16 Å². The lowest BCUT2D eigenvalue weighted by Gasteiger charge is -2.13. The molecule has 18 heavy (non-hydrogen) atoms. The zero-order valence-electron chi connectivity index (χ0n) is 11.3. The first kappa shape index (κ1) is 14.5. The van der Waals surface area contributed by atoms with Gasteiger partial charge in [-0.25, -0.2) is 0 Å². The van der Waals surface area contributed by atoms with Gasteiger partial charge in [-0.1, -0.05) is 11.2 Å². The highest BCUT2D eigenvalue weighted by Gasteiger charge is 2.07. The maximum atomic E-state index is 8.31. The van der Waals surface area contributed by atoms with Crippen LogP contribution in [-0.2, 0) is 11.2 Å². The molecule has 1 N–H and O–H groups in total. The van der Waals surface area contributed by atoms with Crippen LogP contribution in [0, 0.1) is 13.8 Å². The molecule has 0 aliphatic rings. The molecule has 0 atom stereocenters. The van der Waals surface area contributed by atoms with E-state index in [1.165, 1.54) is 17.3 Å². The van der Waals surface area contributed by atoms with Crippen LogP contribution in [0.2, 0.25) is 0 Å². The number of benzene rings is 1. The van der Waals surface area contributed by atoms with E-state index in [-0.39, 0.29) is 6.61 Å². The van der Waals surface area contributed by atoms with E-state index in [0.717, 1.165) is 30.9 Å². The van der Waals surface area contributed by atoms with Gasteiger partial charge in [0, 0.05) is 6.61 Å². The summed E-state index contributed by atoms with van der Waals surface area (Å²) in [6.07, 6.45) is 2.23. The first-order valence-corrected chi connectivity index (χ1v) is 6.16. The van der Waals surface area contributed by atoms with E-state index in [0.29, 0.717) is 0 Å². The number of rotatable bonds is 7. The zero-order chi connectivity index (χ0) is 13.4. The lowest BCUT2D eigenvalue weighted by Crippen LogP contribution is -2.04. The second-order valence-corrected chi connectivity index (χ2v) is 4.03. The molecule has 0 spiro atoms.